The number of halogens is 4. The van der Waals surface area contributed by atoms with Crippen LogP contribution in [0.2, 0.25) is 0 Å². The molecule has 0 heterocycles. The Morgan fingerprint density at radius 3 is 2.52 bits per heavy atom. The number of hydrogen-bond donors (Lipinski definition) is 0. The van der Waals surface area contributed by atoms with Crippen LogP contribution in [0.1, 0.15) is 74.5 Å². The molecule has 0 radical (unpaired) electrons. The van der Waals surface area contributed by atoms with Crippen LogP contribution >= 0.6 is 0 Å². The Morgan fingerprint density at radius 1 is 1.16 bits per heavy atom. The molecule has 1 atom stereocenters. The van der Waals surface area contributed by atoms with Crippen LogP contribution < -0.4 is 0 Å². The monoisotopic (exact) mass is 356 g/mol. The Balaban J connectivity index is 1.78. The molecule has 25 heavy (non-hydrogen) atoms. The molecular weight excluding hydrogens is 332 g/mol. The molecule has 1 aromatic carbocycles. The molecule has 0 amide bonds. The van der Waals surface area contributed by atoms with Gasteiger partial charge in [0.2, 0.25) is 5.85 Å². The molecule has 1 fully saturated rings. The summed E-state index contributed by atoms with van der Waals surface area (Å²) in [6, 6.07) is 5.08. The Morgan fingerprint density at radius 2 is 1.88 bits per heavy atom. The van der Waals surface area contributed by atoms with Gasteiger partial charge < -0.3 is 0 Å². The minimum atomic E-state index is -5.01. The van der Waals surface area contributed by atoms with Crippen molar-refractivity contribution in [1.29, 1.82) is 0 Å². The number of hydrogen-bond acceptors (Lipinski definition) is 1. The first-order valence-corrected chi connectivity index (χ1v) is 9.07. The van der Waals surface area contributed by atoms with E-state index >= 15 is 0 Å². The molecule has 0 N–H and O–H groups in total. The summed E-state index contributed by atoms with van der Waals surface area (Å²) in [6.45, 7) is 2.20. The van der Waals surface area contributed by atoms with Crippen molar-refractivity contribution < 1.29 is 22.3 Å². The smallest absolute Gasteiger partial charge is 0.249 e. The lowest BCUT2D eigenvalue weighted by molar-refractivity contribution is -0.397. The number of rotatable bonds is 4. The average molecular weight is 356 g/mol. The summed E-state index contributed by atoms with van der Waals surface area (Å²) in [6.07, 6.45) is 4.70. The molecule has 1 aromatic rings. The average Bonchev–Trinajstić information content (AvgIpc) is 2.54. The summed E-state index contributed by atoms with van der Waals surface area (Å²) in [5, 5.41) is 0. The lowest BCUT2D eigenvalue weighted by Crippen LogP contribution is -2.33. The van der Waals surface area contributed by atoms with E-state index in [4.69, 9.17) is 0 Å². The molecule has 1 saturated carbocycles. The van der Waals surface area contributed by atoms with Crippen LogP contribution in [-0.4, -0.2) is 6.36 Å². The van der Waals surface area contributed by atoms with E-state index < -0.39 is 18.6 Å². The topological polar surface area (TPSA) is 9.23 Å². The van der Waals surface area contributed by atoms with Crippen LogP contribution in [0.5, 0.6) is 0 Å². The van der Waals surface area contributed by atoms with Gasteiger partial charge in [0.05, 0.1) is 0 Å². The van der Waals surface area contributed by atoms with Gasteiger partial charge in [-0.3, -0.25) is 0 Å². The third kappa shape index (κ3) is 4.25. The SMILES string of the molecule is CCCC1CCC(c2ccc3c(c2)C=CCC3(F)OC(F)(F)F)CC1. The fourth-order valence-corrected chi connectivity index (χ4v) is 4.23. The highest BCUT2D eigenvalue weighted by atomic mass is 19.4. The highest BCUT2D eigenvalue weighted by Gasteiger charge is 2.46. The van der Waals surface area contributed by atoms with Crippen LogP contribution in [0.3, 0.4) is 0 Å². The molecule has 0 bridgehead atoms. The molecule has 3 rings (SSSR count). The van der Waals surface area contributed by atoms with Gasteiger partial charge in [-0.25, -0.2) is 9.13 Å². The van der Waals surface area contributed by atoms with Crippen LogP contribution in [-0.2, 0) is 10.6 Å². The van der Waals surface area contributed by atoms with Gasteiger partial charge in [-0.1, -0.05) is 50.1 Å². The van der Waals surface area contributed by atoms with E-state index in [-0.39, 0.29) is 5.56 Å². The molecule has 0 aliphatic heterocycles. The summed E-state index contributed by atoms with van der Waals surface area (Å²) >= 11 is 0. The summed E-state index contributed by atoms with van der Waals surface area (Å²) in [5.41, 5.74) is 1.55. The Labute approximate surface area is 146 Å². The summed E-state index contributed by atoms with van der Waals surface area (Å²) in [5.74, 6) is -1.64. The maximum absolute atomic E-state index is 14.8. The summed E-state index contributed by atoms with van der Waals surface area (Å²) < 4.78 is 56.3. The third-order valence-electron chi connectivity index (χ3n) is 5.45. The highest BCUT2D eigenvalue weighted by Crippen LogP contribution is 2.44. The van der Waals surface area contributed by atoms with Crippen LogP contribution in [0, 0.1) is 5.92 Å². The second-order valence-electron chi connectivity index (χ2n) is 7.24. The fraction of sp³-hybridized carbons (Fsp3) is 0.600. The fourth-order valence-electron chi connectivity index (χ4n) is 4.23. The molecule has 2 aliphatic rings. The van der Waals surface area contributed by atoms with Crippen molar-refractivity contribution in [3.05, 3.63) is 41.0 Å². The van der Waals surface area contributed by atoms with Crippen molar-refractivity contribution in [2.45, 2.75) is 70.0 Å². The van der Waals surface area contributed by atoms with Crippen molar-refractivity contribution >= 4 is 6.08 Å². The van der Waals surface area contributed by atoms with E-state index in [9.17, 15) is 17.6 Å². The van der Waals surface area contributed by atoms with E-state index in [1.165, 1.54) is 37.8 Å². The van der Waals surface area contributed by atoms with Crippen molar-refractivity contribution in [2.24, 2.45) is 5.92 Å². The molecule has 0 spiro atoms. The zero-order valence-electron chi connectivity index (χ0n) is 14.4. The van der Waals surface area contributed by atoms with Crippen LogP contribution in [0.15, 0.2) is 24.3 Å². The lowest BCUT2D eigenvalue weighted by atomic mass is 9.76. The van der Waals surface area contributed by atoms with Gasteiger partial charge in [0.25, 0.3) is 0 Å². The van der Waals surface area contributed by atoms with E-state index in [1.807, 2.05) is 6.07 Å². The summed E-state index contributed by atoms with van der Waals surface area (Å²) in [4.78, 5) is 0. The lowest BCUT2D eigenvalue weighted by Gasteiger charge is -2.32. The first kappa shape index (κ1) is 18.4. The number of benzene rings is 1. The maximum atomic E-state index is 14.8. The van der Waals surface area contributed by atoms with Crippen molar-refractivity contribution in [2.75, 3.05) is 0 Å². The summed E-state index contributed by atoms with van der Waals surface area (Å²) in [7, 11) is 0. The van der Waals surface area contributed by atoms with Gasteiger partial charge in [0.15, 0.2) is 0 Å². The maximum Gasteiger partial charge on any atom is 0.525 e. The number of alkyl halides is 4. The van der Waals surface area contributed by atoms with E-state index in [2.05, 4.69) is 11.7 Å². The second kappa shape index (κ2) is 7.10. The number of ether oxygens (including phenoxy) is 1. The third-order valence-corrected chi connectivity index (χ3v) is 5.45. The van der Waals surface area contributed by atoms with Crippen LogP contribution in [0.4, 0.5) is 17.6 Å². The van der Waals surface area contributed by atoms with Gasteiger partial charge >= 0.3 is 6.36 Å². The number of fused-ring (bicyclic) bond motifs is 1. The quantitative estimate of drug-likeness (QED) is 0.537. The standard InChI is InChI=1S/C20H24F4O/c1-2-4-14-6-8-15(9-7-14)16-10-11-18-17(13-16)5-3-12-19(18,21)25-20(22,23)24/h3,5,10-11,13-15H,2,4,6-9,12H2,1H3. The zero-order valence-corrected chi connectivity index (χ0v) is 14.4. The van der Waals surface area contributed by atoms with Gasteiger partial charge in [-0.2, -0.15) is 0 Å². The molecule has 0 saturated heterocycles. The molecule has 0 aromatic heterocycles. The largest absolute Gasteiger partial charge is 0.525 e. The van der Waals surface area contributed by atoms with Gasteiger partial charge in [-0.05, 0) is 48.6 Å². The van der Waals surface area contributed by atoms with Crippen molar-refractivity contribution in [3.8, 4) is 0 Å². The predicted molar refractivity (Wildman–Crippen MR) is 89.6 cm³/mol. The Hall–Kier alpha value is -1.36. The molecule has 138 valence electrons. The second-order valence-corrected chi connectivity index (χ2v) is 7.24. The van der Waals surface area contributed by atoms with E-state index in [1.54, 1.807) is 12.1 Å². The molecule has 5 heteroatoms. The molecular formula is C20H24F4O. The minimum absolute atomic E-state index is 0.0317. The van der Waals surface area contributed by atoms with Crippen molar-refractivity contribution in [1.82, 2.24) is 0 Å². The Kier molecular flexibility index (Phi) is 5.24. The van der Waals surface area contributed by atoms with E-state index in [0.29, 0.717) is 11.5 Å². The van der Waals surface area contributed by atoms with Gasteiger partial charge in [-0.15, -0.1) is 13.2 Å². The zero-order chi connectivity index (χ0) is 18.1. The van der Waals surface area contributed by atoms with Gasteiger partial charge in [0.1, 0.15) is 0 Å². The van der Waals surface area contributed by atoms with E-state index in [0.717, 1.165) is 24.3 Å². The first-order chi connectivity index (χ1) is 11.8. The van der Waals surface area contributed by atoms with Gasteiger partial charge in [0, 0.05) is 12.0 Å². The Bertz CT molecular complexity index is 629. The molecule has 1 nitrogen and oxygen atoms in total. The highest BCUT2D eigenvalue weighted by molar-refractivity contribution is 5.59. The first-order valence-electron chi connectivity index (χ1n) is 9.07. The normalized spacial score (nSPS) is 29.5. The predicted octanol–water partition coefficient (Wildman–Crippen LogP) is 6.84. The minimum Gasteiger partial charge on any atom is -0.249 e. The molecule has 1 unspecified atom stereocenters. The molecule has 2 aliphatic carbocycles. The van der Waals surface area contributed by atoms with Crippen molar-refractivity contribution in [3.63, 3.8) is 0 Å². The van der Waals surface area contributed by atoms with Crippen LogP contribution in [0.25, 0.3) is 6.08 Å².